The molecule has 0 saturated heterocycles. The third-order valence-electron chi connectivity index (χ3n) is 1.89. The van der Waals surface area contributed by atoms with Crippen molar-refractivity contribution in [1.29, 1.82) is 0 Å². The maximum absolute atomic E-state index is 11.8. The van der Waals surface area contributed by atoms with Gasteiger partial charge in [-0.2, -0.15) is 13.2 Å². The lowest BCUT2D eigenvalue weighted by Crippen LogP contribution is -2.28. The number of ether oxygens (including phenoxy) is 2. The van der Waals surface area contributed by atoms with E-state index in [0.29, 0.717) is 0 Å². The van der Waals surface area contributed by atoms with Crippen LogP contribution in [-0.2, 0) is 14.3 Å². The van der Waals surface area contributed by atoms with Gasteiger partial charge < -0.3 is 14.8 Å². The summed E-state index contributed by atoms with van der Waals surface area (Å²) in [5.41, 5.74) is -0.661. The summed E-state index contributed by atoms with van der Waals surface area (Å²) in [6.45, 7) is 4.57. The lowest BCUT2D eigenvalue weighted by atomic mass is 10.2. The molecular formula is C12H20F3NO4. The van der Waals surface area contributed by atoms with Gasteiger partial charge in [0.25, 0.3) is 0 Å². The molecule has 0 heterocycles. The summed E-state index contributed by atoms with van der Waals surface area (Å²) in [4.78, 5) is 22.3. The Hall–Kier alpha value is -1.47. The zero-order chi connectivity index (χ0) is 15.8. The molecule has 5 nitrogen and oxygen atoms in total. The molecule has 0 aromatic carbocycles. The van der Waals surface area contributed by atoms with Crippen LogP contribution in [0.5, 0.6) is 0 Å². The largest absolute Gasteiger partial charge is 0.508 e. The highest BCUT2D eigenvalue weighted by molar-refractivity contribution is 5.75. The van der Waals surface area contributed by atoms with Gasteiger partial charge in [-0.1, -0.05) is 0 Å². The zero-order valence-corrected chi connectivity index (χ0v) is 11.8. The molecule has 0 spiro atoms. The van der Waals surface area contributed by atoms with Gasteiger partial charge in [0, 0.05) is 13.0 Å². The molecule has 0 radical (unpaired) electrons. The minimum Gasteiger partial charge on any atom is -0.434 e. The number of nitrogens with one attached hydrogen (secondary N) is 1. The summed E-state index contributed by atoms with van der Waals surface area (Å²) in [6, 6.07) is 0. The van der Waals surface area contributed by atoms with Crippen molar-refractivity contribution < 1.29 is 32.2 Å². The first-order valence-corrected chi connectivity index (χ1v) is 6.19. The SMILES string of the molecule is CC(C)(C)OC(=O)OCCCC(=O)NCCC(F)(F)F. The number of hydrogen-bond donors (Lipinski definition) is 1. The van der Waals surface area contributed by atoms with Gasteiger partial charge in [0.15, 0.2) is 0 Å². The molecule has 0 aromatic rings. The van der Waals surface area contributed by atoms with Crippen molar-refractivity contribution in [3.05, 3.63) is 0 Å². The topological polar surface area (TPSA) is 64.6 Å². The van der Waals surface area contributed by atoms with E-state index in [1.165, 1.54) is 0 Å². The van der Waals surface area contributed by atoms with E-state index in [0.717, 1.165) is 0 Å². The van der Waals surface area contributed by atoms with Gasteiger partial charge >= 0.3 is 12.3 Å². The molecule has 0 bridgehead atoms. The fourth-order valence-corrected chi connectivity index (χ4v) is 1.10. The Bertz CT molecular complexity index is 324. The van der Waals surface area contributed by atoms with Crippen LogP contribution < -0.4 is 5.32 Å². The van der Waals surface area contributed by atoms with Crippen LogP contribution in [-0.4, -0.2) is 37.0 Å². The minimum absolute atomic E-state index is 0.0132. The first kappa shape index (κ1) is 18.5. The Morgan fingerprint density at radius 3 is 2.25 bits per heavy atom. The van der Waals surface area contributed by atoms with E-state index in [-0.39, 0.29) is 19.4 Å². The molecule has 0 fully saturated rings. The van der Waals surface area contributed by atoms with Gasteiger partial charge in [0.2, 0.25) is 5.91 Å². The minimum atomic E-state index is -4.28. The second kappa shape index (κ2) is 7.96. The normalized spacial score (nSPS) is 11.9. The average molecular weight is 299 g/mol. The smallest absolute Gasteiger partial charge is 0.434 e. The van der Waals surface area contributed by atoms with Crippen molar-refractivity contribution in [2.45, 2.75) is 51.8 Å². The highest BCUT2D eigenvalue weighted by Gasteiger charge is 2.26. The molecule has 0 aromatic heterocycles. The Labute approximate surface area is 115 Å². The number of carbonyl (C=O) groups excluding carboxylic acids is 2. The van der Waals surface area contributed by atoms with Crippen LogP contribution in [0, 0.1) is 0 Å². The molecule has 0 aliphatic rings. The predicted octanol–water partition coefficient (Wildman–Crippen LogP) is 2.79. The first-order valence-electron chi connectivity index (χ1n) is 6.19. The van der Waals surface area contributed by atoms with Crippen molar-refractivity contribution in [3.8, 4) is 0 Å². The maximum Gasteiger partial charge on any atom is 0.508 e. The van der Waals surface area contributed by atoms with Gasteiger partial charge in [-0.05, 0) is 27.2 Å². The van der Waals surface area contributed by atoms with Crippen LogP contribution in [0.1, 0.15) is 40.0 Å². The summed E-state index contributed by atoms with van der Waals surface area (Å²) in [7, 11) is 0. The fourth-order valence-electron chi connectivity index (χ4n) is 1.10. The van der Waals surface area contributed by atoms with Crippen molar-refractivity contribution in [2.75, 3.05) is 13.2 Å². The van der Waals surface area contributed by atoms with E-state index in [9.17, 15) is 22.8 Å². The molecule has 1 amide bonds. The summed E-state index contributed by atoms with van der Waals surface area (Å²) in [5.74, 6) is -0.512. The van der Waals surface area contributed by atoms with Crippen LogP contribution in [0.3, 0.4) is 0 Å². The van der Waals surface area contributed by atoms with Crippen LogP contribution in [0.4, 0.5) is 18.0 Å². The van der Waals surface area contributed by atoms with E-state index in [4.69, 9.17) is 9.47 Å². The van der Waals surface area contributed by atoms with E-state index in [2.05, 4.69) is 5.32 Å². The molecule has 20 heavy (non-hydrogen) atoms. The number of halogens is 3. The van der Waals surface area contributed by atoms with Crippen molar-refractivity contribution in [3.63, 3.8) is 0 Å². The molecule has 8 heteroatoms. The molecule has 0 rings (SSSR count). The Morgan fingerprint density at radius 2 is 1.75 bits per heavy atom. The third-order valence-corrected chi connectivity index (χ3v) is 1.89. The maximum atomic E-state index is 11.8. The van der Waals surface area contributed by atoms with Gasteiger partial charge in [-0.25, -0.2) is 4.79 Å². The molecule has 0 atom stereocenters. The van der Waals surface area contributed by atoms with Crippen LogP contribution in [0.25, 0.3) is 0 Å². The molecule has 0 aliphatic heterocycles. The van der Waals surface area contributed by atoms with Gasteiger partial charge in [0.1, 0.15) is 5.60 Å². The van der Waals surface area contributed by atoms with E-state index < -0.39 is 36.8 Å². The molecular weight excluding hydrogens is 279 g/mol. The van der Waals surface area contributed by atoms with Crippen molar-refractivity contribution >= 4 is 12.1 Å². The number of hydrogen-bond acceptors (Lipinski definition) is 4. The van der Waals surface area contributed by atoms with E-state index in [1.807, 2.05) is 0 Å². The fraction of sp³-hybridized carbons (Fsp3) is 0.833. The Morgan fingerprint density at radius 1 is 1.15 bits per heavy atom. The summed E-state index contributed by atoms with van der Waals surface area (Å²) < 4.78 is 45.0. The Balaban J connectivity index is 3.60. The molecule has 1 N–H and O–H groups in total. The average Bonchev–Trinajstić information content (AvgIpc) is 2.20. The monoisotopic (exact) mass is 299 g/mol. The van der Waals surface area contributed by atoms with Crippen LogP contribution >= 0.6 is 0 Å². The molecule has 0 saturated carbocycles. The quantitative estimate of drug-likeness (QED) is 0.605. The number of carbonyl (C=O) groups is 2. The van der Waals surface area contributed by atoms with Gasteiger partial charge in [-0.15, -0.1) is 0 Å². The van der Waals surface area contributed by atoms with E-state index >= 15 is 0 Å². The van der Waals surface area contributed by atoms with Crippen molar-refractivity contribution in [2.24, 2.45) is 0 Å². The molecule has 0 unspecified atom stereocenters. The van der Waals surface area contributed by atoms with Gasteiger partial charge in [0.05, 0.1) is 13.0 Å². The lowest BCUT2D eigenvalue weighted by Gasteiger charge is -2.18. The van der Waals surface area contributed by atoms with Gasteiger partial charge in [-0.3, -0.25) is 4.79 Å². The highest BCUT2D eigenvalue weighted by Crippen LogP contribution is 2.18. The van der Waals surface area contributed by atoms with Crippen molar-refractivity contribution in [1.82, 2.24) is 5.32 Å². The highest BCUT2D eigenvalue weighted by atomic mass is 19.4. The lowest BCUT2D eigenvalue weighted by molar-refractivity contribution is -0.135. The standard InChI is InChI=1S/C12H20F3NO4/c1-11(2,3)20-10(18)19-8-4-5-9(17)16-7-6-12(13,14)15/h4-8H2,1-3H3,(H,16,17). The van der Waals surface area contributed by atoms with Crippen LogP contribution in [0.2, 0.25) is 0 Å². The molecule has 0 aliphatic carbocycles. The second-order valence-corrected chi connectivity index (χ2v) is 5.13. The predicted molar refractivity (Wildman–Crippen MR) is 65.1 cm³/mol. The summed E-state index contributed by atoms with van der Waals surface area (Å²) in [6.07, 6.45) is -5.98. The summed E-state index contributed by atoms with van der Waals surface area (Å²) in [5, 5.41) is 2.13. The second-order valence-electron chi connectivity index (χ2n) is 5.13. The van der Waals surface area contributed by atoms with Crippen LogP contribution in [0.15, 0.2) is 0 Å². The number of rotatable bonds is 6. The molecule has 118 valence electrons. The zero-order valence-electron chi connectivity index (χ0n) is 11.8. The first-order chi connectivity index (χ1) is 8.99. The number of alkyl halides is 3. The van der Waals surface area contributed by atoms with E-state index in [1.54, 1.807) is 20.8 Å². The summed E-state index contributed by atoms with van der Waals surface area (Å²) >= 11 is 0. The third kappa shape index (κ3) is 13.0. The Kier molecular flexibility index (Phi) is 7.38. The number of amides is 1.